The second-order valence-electron chi connectivity index (χ2n) is 7.02. The molecule has 1 atom stereocenters. The van der Waals surface area contributed by atoms with Crippen molar-refractivity contribution < 1.29 is 9.80 Å². The smallest absolute Gasteiger partial charge is 0.103 e. The molecule has 1 fully saturated rings. The van der Waals surface area contributed by atoms with Crippen molar-refractivity contribution in [3.8, 4) is 0 Å². The molecular formula is C21H30N2+2. The zero-order chi connectivity index (χ0) is 15.9. The summed E-state index contributed by atoms with van der Waals surface area (Å²) in [6.07, 6.45) is 3.94. The summed E-state index contributed by atoms with van der Waals surface area (Å²) >= 11 is 0. The van der Waals surface area contributed by atoms with Crippen molar-refractivity contribution in [1.29, 1.82) is 0 Å². The van der Waals surface area contributed by atoms with E-state index in [9.17, 15) is 0 Å². The molecule has 0 amide bonds. The predicted octanol–water partition coefficient (Wildman–Crippen LogP) is 0.991. The Morgan fingerprint density at radius 2 is 1.43 bits per heavy atom. The van der Waals surface area contributed by atoms with Gasteiger partial charge in [-0.05, 0) is 5.56 Å². The van der Waals surface area contributed by atoms with Crippen LogP contribution in [0.2, 0.25) is 0 Å². The molecule has 0 spiro atoms. The molecule has 0 radical (unpaired) electrons. The standard InChI is InChI=1S/C21H28N2/c1-22(18-20-10-6-3-7-11-20)21-13-16-23(17-14-21)15-12-19-8-4-2-5-9-19/h2-11,21H,12-18H2,1H3/p+2. The highest BCUT2D eigenvalue weighted by Gasteiger charge is 2.27. The fourth-order valence-electron chi connectivity index (χ4n) is 3.80. The largest absolute Gasteiger partial charge is 0.334 e. The first-order chi connectivity index (χ1) is 11.3. The number of hydrogen-bond acceptors (Lipinski definition) is 0. The van der Waals surface area contributed by atoms with Crippen LogP contribution in [0.15, 0.2) is 60.7 Å². The van der Waals surface area contributed by atoms with E-state index in [4.69, 9.17) is 0 Å². The molecule has 1 aliphatic rings. The topological polar surface area (TPSA) is 8.88 Å². The normalized spacial score (nSPS) is 22.7. The molecule has 1 unspecified atom stereocenters. The second kappa shape index (κ2) is 8.28. The molecule has 0 saturated carbocycles. The van der Waals surface area contributed by atoms with Gasteiger partial charge in [0, 0.05) is 24.8 Å². The van der Waals surface area contributed by atoms with E-state index in [0.717, 1.165) is 12.6 Å². The van der Waals surface area contributed by atoms with Gasteiger partial charge in [0.1, 0.15) is 6.54 Å². The highest BCUT2D eigenvalue weighted by molar-refractivity contribution is 5.14. The van der Waals surface area contributed by atoms with Crippen LogP contribution >= 0.6 is 0 Å². The Hall–Kier alpha value is -1.64. The van der Waals surface area contributed by atoms with E-state index in [1.165, 1.54) is 50.0 Å². The number of benzene rings is 2. The van der Waals surface area contributed by atoms with Crippen LogP contribution in [0, 0.1) is 0 Å². The van der Waals surface area contributed by atoms with Gasteiger partial charge in [0.05, 0.1) is 32.7 Å². The number of piperidine rings is 1. The fraction of sp³-hybridized carbons (Fsp3) is 0.429. The molecule has 0 aromatic heterocycles. The Morgan fingerprint density at radius 3 is 2.04 bits per heavy atom. The zero-order valence-corrected chi connectivity index (χ0v) is 14.3. The summed E-state index contributed by atoms with van der Waals surface area (Å²) in [6, 6.07) is 22.7. The van der Waals surface area contributed by atoms with E-state index in [1.807, 2.05) is 0 Å². The summed E-state index contributed by atoms with van der Waals surface area (Å²) in [5.74, 6) is 0. The summed E-state index contributed by atoms with van der Waals surface area (Å²) in [5.41, 5.74) is 2.94. The van der Waals surface area contributed by atoms with Gasteiger partial charge in [-0.25, -0.2) is 0 Å². The first kappa shape index (κ1) is 16.2. The predicted molar refractivity (Wildman–Crippen MR) is 95.8 cm³/mol. The highest BCUT2D eigenvalue weighted by atomic mass is 15.2. The molecule has 2 heteroatoms. The van der Waals surface area contributed by atoms with Gasteiger partial charge in [0.15, 0.2) is 0 Å². The van der Waals surface area contributed by atoms with Gasteiger partial charge in [-0.2, -0.15) is 0 Å². The second-order valence-corrected chi connectivity index (χ2v) is 7.02. The molecule has 1 saturated heterocycles. The average molecular weight is 310 g/mol. The average Bonchev–Trinajstić information content (AvgIpc) is 2.62. The summed E-state index contributed by atoms with van der Waals surface area (Å²) in [4.78, 5) is 3.47. The lowest BCUT2D eigenvalue weighted by Gasteiger charge is -2.32. The van der Waals surface area contributed by atoms with Gasteiger partial charge in [-0.3, -0.25) is 0 Å². The molecule has 2 nitrogen and oxygen atoms in total. The maximum absolute atomic E-state index is 2.37. The van der Waals surface area contributed by atoms with Crippen molar-refractivity contribution in [3.05, 3.63) is 71.8 Å². The van der Waals surface area contributed by atoms with Crippen molar-refractivity contribution in [2.75, 3.05) is 26.7 Å². The van der Waals surface area contributed by atoms with Crippen LogP contribution in [0.4, 0.5) is 0 Å². The SMILES string of the molecule is C[NH+](Cc1ccccc1)C1CC[NH+](CCc2ccccc2)CC1. The number of rotatable bonds is 6. The van der Waals surface area contributed by atoms with Crippen LogP contribution < -0.4 is 9.80 Å². The fourth-order valence-corrected chi connectivity index (χ4v) is 3.80. The Morgan fingerprint density at radius 1 is 0.870 bits per heavy atom. The number of nitrogens with one attached hydrogen (secondary N) is 2. The van der Waals surface area contributed by atoms with Crippen LogP contribution in [0.25, 0.3) is 0 Å². The lowest BCUT2D eigenvalue weighted by molar-refractivity contribution is -0.954. The maximum atomic E-state index is 2.37. The van der Waals surface area contributed by atoms with Crippen LogP contribution in [0.5, 0.6) is 0 Å². The molecule has 2 aromatic rings. The van der Waals surface area contributed by atoms with Crippen LogP contribution in [-0.2, 0) is 13.0 Å². The minimum absolute atomic E-state index is 0.829. The van der Waals surface area contributed by atoms with E-state index >= 15 is 0 Å². The summed E-state index contributed by atoms with van der Waals surface area (Å²) in [5, 5.41) is 0. The maximum Gasteiger partial charge on any atom is 0.103 e. The van der Waals surface area contributed by atoms with Crippen molar-refractivity contribution in [2.45, 2.75) is 31.8 Å². The van der Waals surface area contributed by atoms with Crippen molar-refractivity contribution >= 4 is 0 Å². The molecule has 122 valence electrons. The van der Waals surface area contributed by atoms with Crippen molar-refractivity contribution in [1.82, 2.24) is 0 Å². The third-order valence-electron chi connectivity index (χ3n) is 5.33. The van der Waals surface area contributed by atoms with Gasteiger partial charge in [0.2, 0.25) is 0 Å². The van der Waals surface area contributed by atoms with Gasteiger partial charge in [0.25, 0.3) is 0 Å². The van der Waals surface area contributed by atoms with E-state index in [-0.39, 0.29) is 0 Å². The molecule has 1 heterocycles. The Labute approximate surface area is 140 Å². The molecule has 2 aromatic carbocycles. The lowest BCUT2D eigenvalue weighted by Crippen LogP contribution is -3.18. The number of likely N-dealkylation sites (tertiary alicyclic amines) is 1. The van der Waals surface area contributed by atoms with Gasteiger partial charge >= 0.3 is 0 Å². The molecular weight excluding hydrogens is 280 g/mol. The minimum Gasteiger partial charge on any atom is -0.334 e. The van der Waals surface area contributed by atoms with Gasteiger partial charge in [-0.1, -0.05) is 60.7 Å². The summed E-state index contributed by atoms with van der Waals surface area (Å²) in [7, 11) is 2.37. The molecule has 0 bridgehead atoms. The monoisotopic (exact) mass is 310 g/mol. The quantitative estimate of drug-likeness (QED) is 0.787. The van der Waals surface area contributed by atoms with E-state index in [2.05, 4.69) is 67.7 Å². The first-order valence-electron chi connectivity index (χ1n) is 9.05. The lowest BCUT2D eigenvalue weighted by atomic mass is 10.0. The van der Waals surface area contributed by atoms with Crippen LogP contribution in [-0.4, -0.2) is 32.7 Å². The Bertz CT molecular complexity index is 559. The molecule has 2 N–H and O–H groups in total. The third-order valence-corrected chi connectivity index (χ3v) is 5.33. The molecule has 3 rings (SSSR count). The van der Waals surface area contributed by atoms with Crippen molar-refractivity contribution in [3.63, 3.8) is 0 Å². The van der Waals surface area contributed by atoms with Gasteiger partial charge in [-0.15, -0.1) is 0 Å². The van der Waals surface area contributed by atoms with E-state index in [0.29, 0.717) is 0 Å². The molecule has 23 heavy (non-hydrogen) atoms. The minimum atomic E-state index is 0.829. The summed E-state index contributed by atoms with van der Waals surface area (Å²) in [6.45, 7) is 5.12. The van der Waals surface area contributed by atoms with E-state index in [1.54, 1.807) is 9.80 Å². The van der Waals surface area contributed by atoms with Crippen LogP contribution in [0.1, 0.15) is 24.0 Å². The highest BCUT2D eigenvalue weighted by Crippen LogP contribution is 2.01. The number of quaternary nitrogens is 2. The van der Waals surface area contributed by atoms with Crippen LogP contribution in [0.3, 0.4) is 0 Å². The Kier molecular flexibility index (Phi) is 5.84. The van der Waals surface area contributed by atoms with Gasteiger partial charge < -0.3 is 9.80 Å². The molecule has 0 aliphatic carbocycles. The summed E-state index contributed by atoms with van der Waals surface area (Å²) < 4.78 is 0. The first-order valence-corrected chi connectivity index (χ1v) is 9.05. The Balaban J connectivity index is 1.41. The zero-order valence-electron chi connectivity index (χ0n) is 14.3. The van der Waals surface area contributed by atoms with E-state index < -0.39 is 0 Å². The molecule has 1 aliphatic heterocycles. The number of hydrogen-bond donors (Lipinski definition) is 2. The van der Waals surface area contributed by atoms with Crippen molar-refractivity contribution in [2.24, 2.45) is 0 Å². The third kappa shape index (κ3) is 4.92.